The molecule has 2 aliphatic rings. The summed E-state index contributed by atoms with van der Waals surface area (Å²) >= 11 is 0. The molecule has 19 heteroatoms. The Bertz CT molecular complexity index is 1540. The van der Waals surface area contributed by atoms with Crippen LogP contribution in [-0.2, 0) is 24.6 Å². The summed E-state index contributed by atoms with van der Waals surface area (Å²) in [5.74, 6) is 0.657. The molecule has 2 N–H and O–H groups in total. The summed E-state index contributed by atoms with van der Waals surface area (Å²) in [5, 5.41) is 40.7. The molecule has 0 bridgehead atoms. The number of piperidine rings is 2. The molecule has 2 aromatic rings. The van der Waals surface area contributed by atoms with E-state index in [0.29, 0.717) is 25.1 Å². The fourth-order valence-corrected chi connectivity index (χ4v) is 7.13. The van der Waals surface area contributed by atoms with E-state index < -0.39 is 31.5 Å². The van der Waals surface area contributed by atoms with Gasteiger partial charge < -0.3 is 38.2 Å². The molecule has 280 valence electrons. The third-order valence-corrected chi connectivity index (χ3v) is 9.98. The van der Waals surface area contributed by atoms with E-state index >= 15 is 0 Å². The van der Waals surface area contributed by atoms with Crippen molar-refractivity contribution in [2.45, 2.75) is 59.3 Å². The molecule has 0 spiro atoms. The maximum atomic E-state index is 12.4. The van der Waals surface area contributed by atoms with Crippen LogP contribution in [0.1, 0.15) is 50.7 Å². The molecule has 4 rings (SSSR count). The number of nitrogens with zero attached hydrogens (tertiary/aromatic N) is 4. The Balaban J connectivity index is 0.000000281. The quantitative estimate of drug-likeness (QED) is 0.116. The number of ether oxygens (including phenoxy) is 2. The number of carbonyl (C=O) groups is 1. The zero-order chi connectivity index (χ0) is 38.1. The second kappa shape index (κ2) is 21.7. The van der Waals surface area contributed by atoms with Crippen molar-refractivity contribution in [3.8, 4) is 11.5 Å². The molecule has 0 amide bonds. The number of hydrogen-bond donors (Lipinski definition) is 2. The topological polar surface area (TPSA) is 204 Å². The van der Waals surface area contributed by atoms with Gasteiger partial charge in [0, 0.05) is 31.6 Å². The Morgan fingerprint density at radius 1 is 0.843 bits per heavy atom. The highest BCUT2D eigenvalue weighted by Gasteiger charge is 2.27. The van der Waals surface area contributed by atoms with Crippen molar-refractivity contribution >= 4 is 44.9 Å². The smallest absolute Gasteiger partial charge is 0.376 e. The lowest BCUT2D eigenvalue weighted by Crippen LogP contribution is -2.44. The Morgan fingerprint density at radius 3 is 1.82 bits per heavy atom. The van der Waals surface area contributed by atoms with Crippen molar-refractivity contribution in [1.29, 1.82) is 0 Å². The van der Waals surface area contributed by atoms with Gasteiger partial charge in [-0.25, -0.2) is 0 Å². The van der Waals surface area contributed by atoms with E-state index in [0.717, 1.165) is 37.9 Å². The minimum absolute atomic E-state index is 0.0144. The maximum absolute atomic E-state index is 12.4. The molecular weight excluding hydrogens is 685 g/mol. The Labute approximate surface area is 299 Å². The van der Waals surface area contributed by atoms with Gasteiger partial charge in [-0.15, -0.1) is 0 Å². The lowest BCUT2D eigenvalue weighted by molar-refractivity contribution is -0.385. The van der Waals surface area contributed by atoms with Gasteiger partial charge in [-0.05, 0) is 83.1 Å². The van der Waals surface area contributed by atoms with Crippen LogP contribution in [0.4, 0.5) is 11.4 Å². The van der Waals surface area contributed by atoms with Crippen molar-refractivity contribution in [3.63, 3.8) is 0 Å². The zero-order valence-corrected chi connectivity index (χ0v) is 31.1. The molecule has 51 heavy (non-hydrogen) atoms. The number of methoxy groups -OCH3 is 2. The monoisotopic (exact) mass is 734 g/mol. The molecule has 2 aromatic carbocycles. The van der Waals surface area contributed by atoms with Crippen LogP contribution >= 0.6 is 7.60 Å². The average Bonchev–Trinajstić information content (AvgIpc) is 3.09. The molecule has 2 fully saturated rings. The molecule has 0 radical (unpaired) electrons. The molecule has 0 unspecified atom stereocenters. The van der Waals surface area contributed by atoms with Crippen molar-refractivity contribution in [1.82, 2.24) is 9.62 Å². The number of nitro benzene ring substituents is 2. The fourth-order valence-electron chi connectivity index (χ4n) is 5.45. The van der Waals surface area contributed by atoms with Gasteiger partial charge in [-0.3, -0.25) is 29.6 Å². The summed E-state index contributed by atoms with van der Waals surface area (Å²) in [6, 6.07) is 9.34. The van der Waals surface area contributed by atoms with E-state index in [4.69, 9.17) is 23.5 Å². The highest BCUT2D eigenvalue weighted by atomic mass is 31.2. The highest BCUT2D eigenvalue weighted by Crippen LogP contribution is 2.51. The molecule has 0 atom stereocenters. The SMILES string of the molecule is CB(O)N1CCCC(=O)C1.CCOP(=O)(Cc1ccc(OC)c([N+](=O)[O-])c1)OCC.COc1ccc(C=C2CCCN(B(C)O)C2)cc1[N+](=O)[O-]. The number of ketones is 1. The van der Waals surface area contributed by atoms with Gasteiger partial charge in [0.05, 0.1) is 43.4 Å². The first-order chi connectivity index (χ1) is 24.2. The van der Waals surface area contributed by atoms with E-state index in [1.54, 1.807) is 50.5 Å². The highest BCUT2D eigenvalue weighted by molar-refractivity contribution is 7.53. The van der Waals surface area contributed by atoms with Gasteiger partial charge in [-0.1, -0.05) is 23.8 Å². The number of rotatable bonds is 13. The van der Waals surface area contributed by atoms with Crippen LogP contribution in [0.3, 0.4) is 0 Å². The lowest BCUT2D eigenvalue weighted by atomic mass is 9.82. The molecule has 0 saturated carbocycles. The maximum Gasteiger partial charge on any atom is 0.376 e. The first kappa shape index (κ1) is 43.5. The molecule has 2 heterocycles. The third-order valence-electron chi connectivity index (χ3n) is 7.92. The first-order valence-corrected chi connectivity index (χ1v) is 18.5. The molecule has 16 nitrogen and oxygen atoms in total. The van der Waals surface area contributed by atoms with Crippen molar-refractivity contribution < 1.29 is 47.8 Å². The van der Waals surface area contributed by atoms with Crippen molar-refractivity contribution in [3.05, 3.63) is 73.3 Å². The largest absolute Gasteiger partial charge is 0.490 e. The van der Waals surface area contributed by atoms with Crippen molar-refractivity contribution in [2.24, 2.45) is 0 Å². The number of benzene rings is 2. The van der Waals surface area contributed by atoms with Gasteiger partial charge >= 0.3 is 33.1 Å². The summed E-state index contributed by atoms with van der Waals surface area (Å²) < 4.78 is 32.6. The van der Waals surface area contributed by atoms with Gasteiger partial charge in [0.2, 0.25) is 0 Å². The molecular formula is C32H49B2N4O12P. The summed E-state index contributed by atoms with van der Waals surface area (Å²) in [5.41, 5.74) is 2.24. The minimum Gasteiger partial charge on any atom is -0.490 e. The summed E-state index contributed by atoms with van der Waals surface area (Å²) in [6.45, 7) is 10.2. The Kier molecular flexibility index (Phi) is 18.5. The van der Waals surface area contributed by atoms with Crippen LogP contribution < -0.4 is 9.47 Å². The predicted molar refractivity (Wildman–Crippen MR) is 196 cm³/mol. The summed E-state index contributed by atoms with van der Waals surface area (Å²) in [6.07, 6.45) is 5.45. The second-order valence-corrected chi connectivity index (χ2v) is 13.9. The van der Waals surface area contributed by atoms with E-state index in [-0.39, 0.29) is 48.0 Å². The number of nitro groups is 2. The van der Waals surface area contributed by atoms with E-state index in [1.165, 1.54) is 38.0 Å². The Morgan fingerprint density at radius 2 is 1.35 bits per heavy atom. The predicted octanol–water partition coefficient (Wildman–Crippen LogP) is 5.32. The first-order valence-electron chi connectivity index (χ1n) is 16.7. The molecule has 0 aromatic heterocycles. The van der Waals surface area contributed by atoms with Crippen LogP contribution in [0.5, 0.6) is 11.5 Å². The van der Waals surface area contributed by atoms with Crippen LogP contribution in [0, 0.1) is 20.2 Å². The number of Topliss-reactive ketones (excluding diaryl/α,β-unsaturated/α-hetero) is 1. The Hall–Kier alpha value is -3.63. The summed E-state index contributed by atoms with van der Waals surface area (Å²) in [7, 11) is -1.45. The average molecular weight is 734 g/mol. The lowest BCUT2D eigenvalue weighted by Gasteiger charge is -2.29. The molecule has 2 saturated heterocycles. The third kappa shape index (κ3) is 14.5. The zero-order valence-electron chi connectivity index (χ0n) is 30.2. The number of hydrogen-bond acceptors (Lipinski definition) is 14. The van der Waals surface area contributed by atoms with Crippen LogP contribution in [0.15, 0.2) is 42.0 Å². The molecule has 2 aliphatic heterocycles. The van der Waals surface area contributed by atoms with Gasteiger partial charge in [-0.2, -0.15) is 0 Å². The van der Waals surface area contributed by atoms with Crippen LogP contribution in [0.25, 0.3) is 6.08 Å². The van der Waals surface area contributed by atoms with Gasteiger partial charge in [0.25, 0.3) is 0 Å². The summed E-state index contributed by atoms with van der Waals surface area (Å²) in [4.78, 5) is 35.6. The van der Waals surface area contributed by atoms with E-state index in [1.807, 2.05) is 10.9 Å². The van der Waals surface area contributed by atoms with Crippen LogP contribution in [0.2, 0.25) is 13.6 Å². The molecule has 0 aliphatic carbocycles. The normalized spacial score (nSPS) is 15.9. The standard InChI is InChI=1S/C14H19BN2O4.C12H18NO6P.C6H12BNO2/c1-15(18)16-7-3-4-12(10-16)8-11-5-6-14(21-2)13(9-11)17(19)20;1-4-18-20(16,19-5-2)9-10-6-7-12(17-3)11(8-10)13(14)15;1-7(10)8-4-2-3-6(9)5-8/h5-6,8-9,18H,3-4,7,10H2,1-2H3;6-8H,4-5,9H2,1-3H3;10H,2-5H2,1H3. The van der Waals surface area contributed by atoms with Crippen molar-refractivity contribution in [2.75, 3.05) is 53.6 Å². The van der Waals surface area contributed by atoms with E-state index in [2.05, 4.69) is 0 Å². The number of carbonyl (C=O) groups excluding carboxylic acids is 1. The second-order valence-electron chi connectivity index (χ2n) is 11.8. The van der Waals surface area contributed by atoms with Gasteiger partial charge in [0.15, 0.2) is 11.5 Å². The fraction of sp³-hybridized carbons (Fsp3) is 0.531. The minimum atomic E-state index is -3.28. The van der Waals surface area contributed by atoms with Gasteiger partial charge in [0.1, 0.15) is 5.78 Å². The van der Waals surface area contributed by atoms with Crippen LogP contribution in [-0.4, -0.2) is 103 Å². The van der Waals surface area contributed by atoms with E-state index in [9.17, 15) is 34.6 Å².